The molecule has 27 heavy (non-hydrogen) atoms. The van der Waals surface area contributed by atoms with E-state index in [2.05, 4.69) is 20.6 Å². The first-order chi connectivity index (χ1) is 13.3. The van der Waals surface area contributed by atoms with Crippen LogP contribution in [0.4, 0.5) is 17.2 Å². The third-order valence-electron chi connectivity index (χ3n) is 3.61. The number of rotatable bonds is 8. The zero-order chi connectivity index (χ0) is 18.9. The van der Waals surface area contributed by atoms with Gasteiger partial charge in [-0.05, 0) is 36.4 Å². The zero-order valence-corrected chi connectivity index (χ0v) is 14.9. The molecule has 2 heterocycles. The molecule has 0 unspecified atom stereocenters. The summed E-state index contributed by atoms with van der Waals surface area (Å²) in [6, 6.07) is 16.6. The highest BCUT2D eigenvalue weighted by molar-refractivity contribution is 6.05. The van der Waals surface area contributed by atoms with E-state index in [1.807, 2.05) is 30.3 Å². The number of ether oxygens (including phenoxy) is 2. The number of pyridine rings is 2. The van der Waals surface area contributed by atoms with Gasteiger partial charge >= 0.3 is 0 Å². The molecule has 7 heteroatoms. The molecule has 3 rings (SSSR count). The highest BCUT2D eigenvalue weighted by atomic mass is 16.5. The van der Waals surface area contributed by atoms with Crippen molar-refractivity contribution >= 4 is 23.1 Å². The Kier molecular flexibility index (Phi) is 6.32. The van der Waals surface area contributed by atoms with Crippen molar-refractivity contribution < 1.29 is 14.3 Å². The molecule has 2 aromatic heterocycles. The van der Waals surface area contributed by atoms with Gasteiger partial charge in [0.2, 0.25) is 5.88 Å². The second-order valence-electron chi connectivity index (χ2n) is 5.57. The second kappa shape index (κ2) is 9.30. The zero-order valence-electron chi connectivity index (χ0n) is 14.9. The van der Waals surface area contributed by atoms with Gasteiger partial charge in [-0.25, -0.2) is 9.97 Å². The van der Waals surface area contributed by atoms with Crippen molar-refractivity contribution in [1.82, 2.24) is 9.97 Å². The number of para-hydroxylation sites is 1. The van der Waals surface area contributed by atoms with Gasteiger partial charge in [0.1, 0.15) is 18.0 Å². The lowest BCUT2D eigenvalue weighted by Gasteiger charge is -2.11. The molecule has 0 aliphatic carbocycles. The van der Waals surface area contributed by atoms with Gasteiger partial charge in [0.15, 0.2) is 0 Å². The topological polar surface area (TPSA) is 85.4 Å². The fraction of sp³-hybridized carbons (Fsp3) is 0.150. The smallest absolute Gasteiger partial charge is 0.261 e. The van der Waals surface area contributed by atoms with Crippen LogP contribution in [0.2, 0.25) is 0 Å². The predicted octanol–water partition coefficient (Wildman–Crippen LogP) is 3.50. The van der Waals surface area contributed by atoms with Gasteiger partial charge in [-0.2, -0.15) is 0 Å². The van der Waals surface area contributed by atoms with E-state index in [0.29, 0.717) is 30.3 Å². The summed E-state index contributed by atoms with van der Waals surface area (Å²) in [5, 5.41) is 5.99. The number of methoxy groups -OCH3 is 1. The molecule has 1 amide bonds. The number of hydrogen-bond acceptors (Lipinski definition) is 6. The molecule has 7 nitrogen and oxygen atoms in total. The molecule has 0 bridgehead atoms. The first-order valence-corrected chi connectivity index (χ1v) is 8.42. The van der Waals surface area contributed by atoms with Crippen LogP contribution in [0.3, 0.4) is 0 Å². The first-order valence-electron chi connectivity index (χ1n) is 8.42. The largest absolute Gasteiger partial charge is 0.475 e. The number of amides is 1. The van der Waals surface area contributed by atoms with Crippen LogP contribution in [-0.2, 0) is 4.74 Å². The second-order valence-corrected chi connectivity index (χ2v) is 5.57. The van der Waals surface area contributed by atoms with Crippen molar-refractivity contribution in [1.29, 1.82) is 0 Å². The number of hydrogen-bond donors (Lipinski definition) is 2. The maximum Gasteiger partial charge on any atom is 0.261 e. The van der Waals surface area contributed by atoms with E-state index in [1.54, 1.807) is 43.8 Å². The average Bonchev–Trinajstić information content (AvgIpc) is 2.71. The monoisotopic (exact) mass is 364 g/mol. The number of nitrogens with zero attached hydrogens (tertiary/aromatic N) is 2. The molecule has 0 radical (unpaired) electrons. The van der Waals surface area contributed by atoms with Gasteiger partial charge in [0.25, 0.3) is 5.91 Å². The Morgan fingerprint density at radius 1 is 0.963 bits per heavy atom. The Hall–Kier alpha value is -3.45. The molecule has 0 spiro atoms. The van der Waals surface area contributed by atoms with Gasteiger partial charge in [0.05, 0.1) is 18.5 Å². The van der Waals surface area contributed by atoms with Crippen molar-refractivity contribution in [3.63, 3.8) is 0 Å². The first kappa shape index (κ1) is 18.3. The van der Waals surface area contributed by atoms with Crippen LogP contribution in [0.5, 0.6) is 5.88 Å². The summed E-state index contributed by atoms with van der Waals surface area (Å²) < 4.78 is 10.4. The molecule has 2 N–H and O–H groups in total. The maximum atomic E-state index is 12.5. The van der Waals surface area contributed by atoms with E-state index in [4.69, 9.17) is 9.47 Å². The number of benzene rings is 1. The normalized spacial score (nSPS) is 10.3. The van der Waals surface area contributed by atoms with Crippen LogP contribution in [0.25, 0.3) is 0 Å². The van der Waals surface area contributed by atoms with Gasteiger partial charge in [-0.1, -0.05) is 18.2 Å². The summed E-state index contributed by atoms with van der Waals surface area (Å²) in [4.78, 5) is 21.0. The number of anilines is 3. The summed E-state index contributed by atoms with van der Waals surface area (Å²) in [6.07, 6.45) is 3.16. The van der Waals surface area contributed by atoms with Crippen molar-refractivity contribution in [3.8, 4) is 5.88 Å². The van der Waals surface area contributed by atoms with E-state index in [9.17, 15) is 4.79 Å². The lowest BCUT2D eigenvalue weighted by molar-refractivity contribution is 0.101. The minimum atomic E-state index is -0.318. The third-order valence-corrected chi connectivity index (χ3v) is 3.61. The minimum Gasteiger partial charge on any atom is -0.475 e. The molecule has 0 atom stereocenters. The van der Waals surface area contributed by atoms with E-state index < -0.39 is 0 Å². The van der Waals surface area contributed by atoms with Crippen molar-refractivity contribution in [2.24, 2.45) is 0 Å². The summed E-state index contributed by atoms with van der Waals surface area (Å²) >= 11 is 0. The number of nitrogens with one attached hydrogen (secondary N) is 2. The standard InChI is InChI=1S/C20H20N4O3/c1-26-12-13-27-20-17(8-5-11-21-20)19(25)24-16-9-10-18(22-14-16)23-15-6-3-2-4-7-15/h2-11,14H,12-13H2,1H3,(H,22,23)(H,24,25). The third kappa shape index (κ3) is 5.26. The van der Waals surface area contributed by atoms with Gasteiger partial charge in [-0.3, -0.25) is 4.79 Å². The Balaban J connectivity index is 1.64. The lowest BCUT2D eigenvalue weighted by Crippen LogP contribution is -2.15. The van der Waals surface area contributed by atoms with E-state index in [0.717, 1.165) is 5.69 Å². The molecule has 0 aliphatic heterocycles. The predicted molar refractivity (Wildman–Crippen MR) is 104 cm³/mol. The van der Waals surface area contributed by atoms with Gasteiger partial charge in [-0.15, -0.1) is 0 Å². The van der Waals surface area contributed by atoms with Crippen molar-refractivity contribution in [2.75, 3.05) is 31.0 Å². The molecule has 0 saturated heterocycles. The molecule has 138 valence electrons. The SMILES string of the molecule is COCCOc1ncccc1C(=O)Nc1ccc(Nc2ccccc2)nc1. The van der Waals surface area contributed by atoms with E-state index in [-0.39, 0.29) is 11.8 Å². The molecule has 3 aromatic rings. The Morgan fingerprint density at radius 2 is 1.81 bits per heavy atom. The van der Waals surface area contributed by atoms with Crippen LogP contribution < -0.4 is 15.4 Å². The molecule has 1 aromatic carbocycles. The number of carbonyl (C=O) groups excluding carboxylic acids is 1. The number of aromatic nitrogens is 2. The molecule has 0 fully saturated rings. The lowest BCUT2D eigenvalue weighted by atomic mass is 10.2. The number of carbonyl (C=O) groups is 1. The highest BCUT2D eigenvalue weighted by Crippen LogP contribution is 2.19. The molecular formula is C20H20N4O3. The Labute approximate surface area is 157 Å². The quantitative estimate of drug-likeness (QED) is 0.595. The summed E-state index contributed by atoms with van der Waals surface area (Å²) in [6.45, 7) is 0.729. The summed E-state index contributed by atoms with van der Waals surface area (Å²) in [5.74, 6) is 0.632. The van der Waals surface area contributed by atoms with E-state index >= 15 is 0 Å². The molecular weight excluding hydrogens is 344 g/mol. The van der Waals surface area contributed by atoms with Crippen molar-refractivity contribution in [2.45, 2.75) is 0 Å². The van der Waals surface area contributed by atoms with Crippen molar-refractivity contribution in [3.05, 3.63) is 72.6 Å². The summed E-state index contributed by atoms with van der Waals surface area (Å²) in [7, 11) is 1.58. The van der Waals surface area contributed by atoms with Gasteiger partial charge < -0.3 is 20.1 Å². The Morgan fingerprint density at radius 3 is 2.56 bits per heavy atom. The highest BCUT2D eigenvalue weighted by Gasteiger charge is 2.14. The molecule has 0 saturated carbocycles. The average molecular weight is 364 g/mol. The fourth-order valence-corrected chi connectivity index (χ4v) is 2.31. The van der Waals surface area contributed by atoms with Crippen LogP contribution in [0.15, 0.2) is 67.0 Å². The van der Waals surface area contributed by atoms with Gasteiger partial charge in [0, 0.05) is 19.0 Å². The van der Waals surface area contributed by atoms with E-state index in [1.165, 1.54) is 0 Å². The fourth-order valence-electron chi connectivity index (χ4n) is 2.31. The van der Waals surface area contributed by atoms with Crippen LogP contribution >= 0.6 is 0 Å². The van der Waals surface area contributed by atoms with Crippen LogP contribution in [0.1, 0.15) is 10.4 Å². The minimum absolute atomic E-state index is 0.266. The molecule has 0 aliphatic rings. The van der Waals surface area contributed by atoms with Crippen LogP contribution in [-0.4, -0.2) is 36.2 Å². The maximum absolute atomic E-state index is 12.5. The Bertz CT molecular complexity index is 870. The summed E-state index contributed by atoms with van der Waals surface area (Å²) in [5.41, 5.74) is 1.86. The van der Waals surface area contributed by atoms with Crippen LogP contribution in [0, 0.1) is 0 Å².